The van der Waals surface area contributed by atoms with Crippen molar-refractivity contribution in [3.05, 3.63) is 57.9 Å². The highest BCUT2D eigenvalue weighted by Gasteiger charge is 2.23. The molecular formula is C22H27ClFNO2. The van der Waals surface area contributed by atoms with E-state index < -0.39 is 5.97 Å². The number of carbonyl (C=O) groups is 1. The van der Waals surface area contributed by atoms with Gasteiger partial charge in [-0.05, 0) is 81.0 Å². The summed E-state index contributed by atoms with van der Waals surface area (Å²) in [5, 5.41) is 0.661. The van der Waals surface area contributed by atoms with Crippen molar-refractivity contribution < 1.29 is 13.9 Å². The van der Waals surface area contributed by atoms with E-state index in [9.17, 15) is 9.18 Å². The quantitative estimate of drug-likeness (QED) is 0.356. The molecular weight excluding hydrogens is 365 g/mol. The number of nitrogens with zero attached hydrogens (tertiary/aromatic N) is 1. The van der Waals surface area contributed by atoms with Gasteiger partial charge in [-0.1, -0.05) is 17.7 Å². The number of methoxy groups -OCH3 is 1. The van der Waals surface area contributed by atoms with Gasteiger partial charge in [-0.3, -0.25) is 0 Å². The number of carbonyl (C=O) groups excluding carboxylic acids is 1. The standard InChI is InChI=1S/C22H27ClFNO2/c1-14(2)25-10-6-7-17-12-18(13-19(23)22(17)25)16(4)20(24)9-8-15(3)11-21(26)27-5/h8-9,11-14H,6-7,10H2,1-5H3. The summed E-state index contributed by atoms with van der Waals surface area (Å²) in [6, 6.07) is 4.24. The molecule has 0 fully saturated rings. The van der Waals surface area contributed by atoms with Gasteiger partial charge in [0, 0.05) is 18.7 Å². The van der Waals surface area contributed by atoms with Crippen LogP contribution in [0.25, 0.3) is 5.57 Å². The Morgan fingerprint density at radius 3 is 2.63 bits per heavy atom. The Labute approximate surface area is 166 Å². The van der Waals surface area contributed by atoms with Crippen molar-refractivity contribution in [2.45, 2.75) is 46.6 Å². The number of esters is 1. The van der Waals surface area contributed by atoms with Crippen molar-refractivity contribution in [1.82, 2.24) is 0 Å². The first-order chi connectivity index (χ1) is 12.7. The van der Waals surface area contributed by atoms with Crippen LogP contribution in [0, 0.1) is 0 Å². The fourth-order valence-electron chi connectivity index (χ4n) is 3.21. The van der Waals surface area contributed by atoms with Crippen molar-refractivity contribution in [3.8, 4) is 0 Å². The fraction of sp³-hybridized carbons (Fsp3) is 0.409. The van der Waals surface area contributed by atoms with Crippen molar-refractivity contribution in [2.75, 3.05) is 18.6 Å². The van der Waals surface area contributed by atoms with Crippen LogP contribution in [-0.2, 0) is 16.0 Å². The van der Waals surface area contributed by atoms with Crippen molar-refractivity contribution in [2.24, 2.45) is 0 Å². The number of rotatable bonds is 5. The molecule has 1 aromatic carbocycles. The summed E-state index contributed by atoms with van der Waals surface area (Å²) in [5.74, 6) is -0.824. The molecule has 1 aliphatic heterocycles. The minimum absolute atomic E-state index is 0.361. The Balaban J connectivity index is 2.35. The topological polar surface area (TPSA) is 29.5 Å². The second-order valence-corrected chi connectivity index (χ2v) is 7.48. The number of halogens is 2. The van der Waals surface area contributed by atoms with Gasteiger partial charge in [0.15, 0.2) is 0 Å². The zero-order valence-corrected chi connectivity index (χ0v) is 17.4. The first-order valence-corrected chi connectivity index (χ1v) is 9.52. The molecule has 27 heavy (non-hydrogen) atoms. The highest BCUT2D eigenvalue weighted by atomic mass is 35.5. The largest absolute Gasteiger partial charge is 0.466 e. The van der Waals surface area contributed by atoms with Crippen molar-refractivity contribution in [1.29, 1.82) is 0 Å². The van der Waals surface area contributed by atoms with Gasteiger partial charge in [-0.15, -0.1) is 0 Å². The summed E-state index contributed by atoms with van der Waals surface area (Å²) in [7, 11) is 1.31. The smallest absolute Gasteiger partial charge is 0.330 e. The molecule has 0 atom stereocenters. The summed E-state index contributed by atoms with van der Waals surface area (Å²) in [4.78, 5) is 13.5. The van der Waals surface area contributed by atoms with Crippen LogP contribution in [0.1, 0.15) is 45.2 Å². The molecule has 2 rings (SSSR count). The highest BCUT2D eigenvalue weighted by Crippen LogP contribution is 2.38. The Hall–Kier alpha value is -2.07. The van der Waals surface area contributed by atoms with E-state index in [4.69, 9.17) is 11.6 Å². The third-order valence-corrected chi connectivity index (χ3v) is 5.02. The number of hydrogen-bond donors (Lipinski definition) is 0. The summed E-state index contributed by atoms with van der Waals surface area (Å²) >= 11 is 6.57. The van der Waals surface area contributed by atoms with Gasteiger partial charge in [0.2, 0.25) is 0 Å². The normalized spacial score (nSPS) is 15.9. The lowest BCUT2D eigenvalue weighted by Crippen LogP contribution is -2.35. The minimum atomic E-state index is -0.463. The maximum atomic E-state index is 14.6. The van der Waals surface area contributed by atoms with Gasteiger partial charge < -0.3 is 9.64 Å². The summed E-state index contributed by atoms with van der Waals surface area (Å²) < 4.78 is 19.2. The lowest BCUT2D eigenvalue weighted by atomic mass is 9.95. The molecule has 1 heterocycles. The SMILES string of the molecule is COC(=O)C=C(C)C=CC(F)=C(C)c1cc(Cl)c2c(c1)CCCN2C(C)C. The average Bonchev–Trinajstić information content (AvgIpc) is 2.64. The highest BCUT2D eigenvalue weighted by molar-refractivity contribution is 6.33. The molecule has 0 saturated heterocycles. The molecule has 0 spiro atoms. The van der Waals surface area contributed by atoms with Crippen LogP contribution in [0.5, 0.6) is 0 Å². The van der Waals surface area contributed by atoms with Crippen LogP contribution < -0.4 is 4.90 Å². The summed E-state index contributed by atoms with van der Waals surface area (Å²) in [5.41, 5.74) is 4.14. The lowest BCUT2D eigenvalue weighted by Gasteiger charge is -2.35. The van der Waals surface area contributed by atoms with E-state index in [-0.39, 0.29) is 5.83 Å². The molecule has 1 aliphatic rings. The van der Waals surface area contributed by atoms with Gasteiger partial charge in [0.05, 0.1) is 17.8 Å². The fourth-order valence-corrected chi connectivity index (χ4v) is 3.56. The monoisotopic (exact) mass is 391 g/mol. The Morgan fingerprint density at radius 2 is 2.00 bits per heavy atom. The zero-order chi connectivity index (χ0) is 20.1. The van der Waals surface area contributed by atoms with Gasteiger partial charge >= 0.3 is 5.97 Å². The molecule has 0 bridgehead atoms. The molecule has 0 amide bonds. The number of hydrogen-bond acceptors (Lipinski definition) is 3. The Morgan fingerprint density at radius 1 is 1.30 bits per heavy atom. The molecule has 3 nitrogen and oxygen atoms in total. The first-order valence-electron chi connectivity index (χ1n) is 9.14. The predicted octanol–water partition coefficient (Wildman–Crippen LogP) is 5.88. The molecule has 0 unspecified atom stereocenters. The molecule has 0 aliphatic carbocycles. The molecule has 1 aromatic rings. The maximum Gasteiger partial charge on any atom is 0.330 e. The van der Waals surface area contributed by atoms with Crippen LogP contribution in [0.2, 0.25) is 5.02 Å². The molecule has 0 N–H and O–H groups in total. The number of benzene rings is 1. The maximum absolute atomic E-state index is 14.6. The molecule has 5 heteroatoms. The third kappa shape index (κ3) is 5.23. The minimum Gasteiger partial charge on any atom is -0.466 e. The van der Waals surface area contributed by atoms with Crippen molar-refractivity contribution in [3.63, 3.8) is 0 Å². The van der Waals surface area contributed by atoms with E-state index in [0.717, 1.165) is 36.2 Å². The van der Waals surface area contributed by atoms with Gasteiger partial charge in [0.1, 0.15) is 5.83 Å². The van der Waals surface area contributed by atoms with Gasteiger partial charge in [-0.2, -0.15) is 0 Å². The van der Waals surface area contributed by atoms with Crippen LogP contribution in [0.4, 0.5) is 10.1 Å². The van der Waals surface area contributed by atoms with Crippen molar-refractivity contribution >= 4 is 28.8 Å². The van der Waals surface area contributed by atoms with E-state index in [1.807, 2.05) is 12.1 Å². The van der Waals surface area contributed by atoms with Crippen LogP contribution in [-0.4, -0.2) is 25.7 Å². The van der Waals surface area contributed by atoms with Gasteiger partial charge in [-0.25, -0.2) is 9.18 Å². The molecule has 146 valence electrons. The predicted molar refractivity (Wildman–Crippen MR) is 111 cm³/mol. The van der Waals surface area contributed by atoms with E-state index in [0.29, 0.717) is 22.2 Å². The molecule has 0 radical (unpaired) electrons. The third-order valence-electron chi connectivity index (χ3n) is 4.73. The van der Waals surface area contributed by atoms with E-state index in [1.165, 1.54) is 19.3 Å². The second kappa shape index (κ2) is 9.23. The van der Waals surface area contributed by atoms with Crippen LogP contribution >= 0.6 is 11.6 Å². The number of aryl methyl sites for hydroxylation is 1. The van der Waals surface area contributed by atoms with Crippen LogP contribution in [0.3, 0.4) is 0 Å². The number of fused-ring (bicyclic) bond motifs is 1. The Bertz CT molecular complexity index is 809. The van der Waals surface area contributed by atoms with E-state index in [1.54, 1.807) is 19.9 Å². The molecule has 0 saturated carbocycles. The molecule has 0 aromatic heterocycles. The lowest BCUT2D eigenvalue weighted by molar-refractivity contribution is -0.134. The first kappa shape index (κ1) is 21.2. The van der Waals surface area contributed by atoms with E-state index >= 15 is 0 Å². The zero-order valence-electron chi connectivity index (χ0n) is 16.6. The van der Waals surface area contributed by atoms with Crippen LogP contribution in [0.15, 0.2) is 41.8 Å². The summed E-state index contributed by atoms with van der Waals surface area (Å²) in [6.07, 6.45) is 6.23. The van der Waals surface area contributed by atoms with Gasteiger partial charge in [0.25, 0.3) is 0 Å². The summed E-state index contributed by atoms with van der Waals surface area (Å²) in [6.45, 7) is 8.74. The average molecular weight is 392 g/mol. The second-order valence-electron chi connectivity index (χ2n) is 7.07. The Kier molecular flexibility index (Phi) is 7.25. The number of ether oxygens (including phenoxy) is 1. The van der Waals surface area contributed by atoms with E-state index in [2.05, 4.69) is 23.5 Å². The number of anilines is 1. The number of allylic oxidation sites excluding steroid dienone is 5.